The van der Waals surface area contributed by atoms with Gasteiger partial charge >= 0.3 is 0 Å². The van der Waals surface area contributed by atoms with E-state index in [0.29, 0.717) is 11.6 Å². The monoisotopic (exact) mass is 510 g/mol. The molecule has 1 fully saturated rings. The summed E-state index contributed by atoms with van der Waals surface area (Å²) in [4.78, 5) is 12.0. The highest BCUT2D eigenvalue weighted by molar-refractivity contribution is 6.32. The van der Waals surface area contributed by atoms with Crippen LogP contribution in [0.5, 0.6) is 0 Å². The Kier molecular flexibility index (Phi) is 9.12. The van der Waals surface area contributed by atoms with Crippen LogP contribution in [0.4, 0.5) is 0 Å². The number of likely N-dealkylation sites (N-methyl/N-ethyl adjacent to an activating group) is 1. The highest BCUT2D eigenvalue weighted by Crippen LogP contribution is 2.40. The second kappa shape index (κ2) is 12.5. The first-order valence-corrected chi connectivity index (χ1v) is 13.3. The molecular formula is C31H36BClN4. The van der Waals surface area contributed by atoms with Crippen molar-refractivity contribution in [3.63, 3.8) is 0 Å². The number of piperazine rings is 1. The predicted molar refractivity (Wildman–Crippen MR) is 158 cm³/mol. The van der Waals surface area contributed by atoms with E-state index in [1.54, 1.807) is 0 Å². The van der Waals surface area contributed by atoms with Crippen LogP contribution in [-0.4, -0.2) is 62.0 Å². The molecule has 2 radical (unpaired) electrons. The maximum atomic E-state index is 6.31. The fourth-order valence-electron chi connectivity index (χ4n) is 5.02. The van der Waals surface area contributed by atoms with E-state index in [1.165, 1.54) is 5.56 Å². The third-order valence-electron chi connectivity index (χ3n) is 7.31. The van der Waals surface area contributed by atoms with Crippen LogP contribution in [0.1, 0.15) is 41.3 Å². The standard InChI is InChI=1S/C31H36BClN4/c1-5-35-18-20-36(21-19-35)24(3)37(22-25-8-14-28(32)15-9-25)31(27-12-16-29(33)17-13-27)30(34-4)26-10-6-23(2)7-11-26/h6-17,30-31H,3-5,18-22H2,1-2H3. The van der Waals surface area contributed by atoms with Crippen molar-refractivity contribution in [2.45, 2.75) is 32.5 Å². The minimum atomic E-state index is -0.204. The summed E-state index contributed by atoms with van der Waals surface area (Å²) in [5.41, 5.74) is 5.36. The molecule has 6 heteroatoms. The zero-order valence-electron chi connectivity index (χ0n) is 22.0. The van der Waals surface area contributed by atoms with Gasteiger partial charge in [-0.3, -0.25) is 4.99 Å². The molecule has 0 spiro atoms. The van der Waals surface area contributed by atoms with Gasteiger partial charge in [0.15, 0.2) is 0 Å². The molecule has 0 amide bonds. The molecule has 2 unspecified atom stereocenters. The molecule has 0 saturated carbocycles. The second-order valence-corrected chi connectivity index (χ2v) is 10.2. The maximum absolute atomic E-state index is 6.31. The summed E-state index contributed by atoms with van der Waals surface area (Å²) in [5, 5.41) is 0.709. The number of benzene rings is 3. The molecular weight excluding hydrogens is 475 g/mol. The van der Waals surface area contributed by atoms with Crippen molar-refractivity contribution in [1.82, 2.24) is 14.7 Å². The van der Waals surface area contributed by atoms with Gasteiger partial charge in [0.1, 0.15) is 7.85 Å². The Labute approximate surface area is 228 Å². The summed E-state index contributed by atoms with van der Waals surface area (Å²) in [6, 6.07) is 24.4. The van der Waals surface area contributed by atoms with Crippen molar-refractivity contribution in [3.05, 3.63) is 112 Å². The molecule has 0 bridgehead atoms. The lowest BCUT2D eigenvalue weighted by Crippen LogP contribution is -2.49. The van der Waals surface area contributed by atoms with Gasteiger partial charge in [-0.15, -0.1) is 0 Å². The van der Waals surface area contributed by atoms with Crippen LogP contribution in [-0.2, 0) is 6.54 Å². The normalized spacial score (nSPS) is 15.7. The first-order chi connectivity index (χ1) is 17.9. The van der Waals surface area contributed by atoms with E-state index in [-0.39, 0.29) is 12.1 Å². The van der Waals surface area contributed by atoms with Gasteiger partial charge in [-0.05, 0) is 49.0 Å². The average molecular weight is 511 g/mol. The van der Waals surface area contributed by atoms with E-state index >= 15 is 0 Å². The topological polar surface area (TPSA) is 22.1 Å². The molecule has 1 saturated heterocycles. The second-order valence-electron chi connectivity index (χ2n) is 9.74. The number of aryl methyl sites for hydroxylation is 1. The quantitative estimate of drug-likeness (QED) is 0.264. The van der Waals surface area contributed by atoms with E-state index in [0.717, 1.165) is 60.7 Å². The Morgan fingerprint density at radius 2 is 1.54 bits per heavy atom. The summed E-state index contributed by atoms with van der Waals surface area (Å²) in [7, 11) is 6.00. The summed E-state index contributed by atoms with van der Waals surface area (Å²) in [6.07, 6.45) is 0. The van der Waals surface area contributed by atoms with Gasteiger partial charge in [0.25, 0.3) is 0 Å². The minimum absolute atomic E-state index is 0.133. The summed E-state index contributed by atoms with van der Waals surface area (Å²) < 4.78 is 0. The van der Waals surface area contributed by atoms with Crippen LogP contribution < -0.4 is 5.46 Å². The molecule has 3 aromatic rings. The van der Waals surface area contributed by atoms with Gasteiger partial charge in [-0.25, -0.2) is 0 Å². The Hall–Kier alpha value is -3.02. The van der Waals surface area contributed by atoms with Crippen LogP contribution in [0.2, 0.25) is 5.02 Å². The van der Waals surface area contributed by atoms with Gasteiger partial charge in [-0.2, -0.15) is 0 Å². The number of aliphatic imine (C=N–C) groups is 1. The van der Waals surface area contributed by atoms with E-state index in [9.17, 15) is 0 Å². The van der Waals surface area contributed by atoms with Crippen LogP contribution in [0.25, 0.3) is 0 Å². The molecule has 37 heavy (non-hydrogen) atoms. The maximum Gasteiger partial charge on any atom is 0.113 e. The van der Waals surface area contributed by atoms with Gasteiger partial charge in [0, 0.05) is 37.7 Å². The molecule has 0 aromatic heterocycles. The first-order valence-electron chi connectivity index (χ1n) is 12.9. The predicted octanol–water partition coefficient (Wildman–Crippen LogP) is 5.54. The van der Waals surface area contributed by atoms with Crippen molar-refractivity contribution in [3.8, 4) is 0 Å². The molecule has 190 valence electrons. The van der Waals surface area contributed by atoms with E-state index in [1.807, 2.05) is 24.3 Å². The van der Waals surface area contributed by atoms with Gasteiger partial charge in [0.05, 0.1) is 17.9 Å². The van der Waals surface area contributed by atoms with E-state index < -0.39 is 0 Å². The molecule has 0 N–H and O–H groups in total. The third kappa shape index (κ3) is 6.65. The molecule has 0 aliphatic carbocycles. The van der Waals surface area contributed by atoms with Crippen molar-refractivity contribution in [1.29, 1.82) is 0 Å². The smallest absolute Gasteiger partial charge is 0.113 e. The highest BCUT2D eigenvalue weighted by Gasteiger charge is 2.33. The van der Waals surface area contributed by atoms with Crippen LogP contribution >= 0.6 is 11.6 Å². The molecule has 4 rings (SSSR count). The fourth-order valence-corrected chi connectivity index (χ4v) is 5.14. The molecule has 1 heterocycles. The number of hydrogen-bond acceptors (Lipinski definition) is 4. The number of hydrogen-bond donors (Lipinski definition) is 0. The van der Waals surface area contributed by atoms with Crippen LogP contribution in [0.3, 0.4) is 0 Å². The molecule has 1 aliphatic heterocycles. The fraction of sp³-hybridized carbons (Fsp3) is 0.323. The lowest BCUT2D eigenvalue weighted by atomic mass is 9.91. The largest absolute Gasteiger partial charge is 0.356 e. The summed E-state index contributed by atoms with van der Waals surface area (Å²) >= 11 is 6.31. The summed E-state index contributed by atoms with van der Waals surface area (Å²) in [6.45, 7) is 18.7. The van der Waals surface area contributed by atoms with Crippen molar-refractivity contribution in [2.24, 2.45) is 4.99 Å². The Morgan fingerprint density at radius 3 is 2.11 bits per heavy atom. The molecule has 2 atom stereocenters. The highest BCUT2D eigenvalue weighted by atomic mass is 35.5. The van der Waals surface area contributed by atoms with Crippen molar-refractivity contribution in [2.75, 3.05) is 32.7 Å². The van der Waals surface area contributed by atoms with E-state index in [2.05, 4.69) is 90.4 Å². The lowest BCUT2D eigenvalue weighted by molar-refractivity contribution is 0.0972. The Bertz CT molecular complexity index is 1170. The Morgan fingerprint density at radius 1 is 0.946 bits per heavy atom. The van der Waals surface area contributed by atoms with Gasteiger partial charge < -0.3 is 14.7 Å². The van der Waals surface area contributed by atoms with Gasteiger partial charge in [-0.1, -0.05) is 96.8 Å². The lowest BCUT2D eigenvalue weighted by Gasteiger charge is -2.45. The van der Waals surface area contributed by atoms with Crippen LogP contribution in [0, 0.1) is 6.92 Å². The molecule has 1 aliphatic rings. The van der Waals surface area contributed by atoms with Gasteiger partial charge in [0.2, 0.25) is 0 Å². The zero-order valence-corrected chi connectivity index (χ0v) is 22.7. The molecule has 4 nitrogen and oxygen atoms in total. The molecule has 3 aromatic carbocycles. The third-order valence-corrected chi connectivity index (χ3v) is 7.56. The summed E-state index contributed by atoms with van der Waals surface area (Å²) in [5.74, 6) is 0.994. The zero-order chi connectivity index (χ0) is 26.4. The van der Waals surface area contributed by atoms with Crippen molar-refractivity contribution < 1.29 is 0 Å². The number of halogens is 1. The van der Waals surface area contributed by atoms with Crippen molar-refractivity contribution >= 4 is 31.6 Å². The SMILES string of the molecule is [B]c1ccc(CN(C(=C)N2CCN(CC)CC2)C(c2ccc(Cl)cc2)C(N=C)c2ccc(C)cc2)cc1. The first kappa shape index (κ1) is 27.0. The number of rotatable bonds is 10. The van der Waals surface area contributed by atoms with E-state index in [4.69, 9.17) is 24.4 Å². The minimum Gasteiger partial charge on any atom is -0.356 e. The average Bonchev–Trinajstić information content (AvgIpc) is 2.93. The van der Waals surface area contributed by atoms with Crippen LogP contribution in [0.15, 0.2) is 90.2 Å². The Balaban J connectivity index is 1.79. The number of nitrogens with zero attached hydrogens (tertiary/aromatic N) is 4.